The van der Waals surface area contributed by atoms with Gasteiger partial charge in [0.15, 0.2) is 0 Å². The Bertz CT molecular complexity index is 500. The Morgan fingerprint density at radius 3 is 2.32 bits per heavy atom. The molecule has 19 heavy (non-hydrogen) atoms. The third-order valence-corrected chi connectivity index (χ3v) is 3.02. The molecule has 0 N–H and O–H groups in total. The van der Waals surface area contributed by atoms with Crippen LogP contribution in [-0.2, 0) is 6.61 Å². The van der Waals surface area contributed by atoms with Crippen LogP contribution in [0.15, 0.2) is 48.5 Å². The van der Waals surface area contributed by atoms with Crippen molar-refractivity contribution in [2.45, 2.75) is 40.7 Å². The van der Waals surface area contributed by atoms with Crippen molar-refractivity contribution < 1.29 is 4.74 Å². The fourth-order valence-corrected chi connectivity index (χ4v) is 1.99. The lowest BCUT2D eigenvalue weighted by Gasteiger charge is -2.15. The average molecular weight is 256 g/mol. The van der Waals surface area contributed by atoms with Crippen LogP contribution in [0.5, 0.6) is 5.75 Å². The van der Waals surface area contributed by atoms with E-state index in [9.17, 15) is 0 Å². The Labute approximate surface area is 117 Å². The van der Waals surface area contributed by atoms with Gasteiger partial charge in [-0.1, -0.05) is 69.3 Å². The highest BCUT2D eigenvalue weighted by Crippen LogP contribution is 2.28. The molecule has 0 fully saturated rings. The zero-order valence-corrected chi connectivity index (χ0v) is 11.3. The zero-order valence-electron chi connectivity index (χ0n) is 11.3. The van der Waals surface area contributed by atoms with Gasteiger partial charge in [0, 0.05) is 0 Å². The zero-order chi connectivity index (χ0) is 13.0. The van der Waals surface area contributed by atoms with Crippen LogP contribution >= 0.6 is 0 Å². The van der Waals surface area contributed by atoms with Crippen LogP contribution in [0.3, 0.4) is 0 Å². The van der Waals surface area contributed by atoms with Crippen molar-refractivity contribution in [3.05, 3.63) is 65.2 Å². The monoisotopic (exact) mass is 256 g/mol. The summed E-state index contributed by atoms with van der Waals surface area (Å²) in [7, 11) is 0. The van der Waals surface area contributed by atoms with Crippen LogP contribution < -0.4 is 4.74 Å². The SMILES string of the molecule is C.Cc1ccc(OCc2ccccc2)c(C(C)C)c1. The molecule has 2 aromatic rings. The molecular formula is C18H24O. The average Bonchev–Trinajstić information content (AvgIpc) is 2.38. The van der Waals surface area contributed by atoms with Crippen molar-refractivity contribution in [3.63, 3.8) is 0 Å². The van der Waals surface area contributed by atoms with Gasteiger partial charge < -0.3 is 4.74 Å². The second-order valence-corrected chi connectivity index (χ2v) is 4.97. The number of hydrogen-bond acceptors (Lipinski definition) is 1. The highest BCUT2D eigenvalue weighted by molar-refractivity contribution is 5.39. The summed E-state index contributed by atoms with van der Waals surface area (Å²) in [5.41, 5.74) is 3.77. The Balaban J connectivity index is 0.00000180. The van der Waals surface area contributed by atoms with E-state index >= 15 is 0 Å². The van der Waals surface area contributed by atoms with Gasteiger partial charge in [-0.3, -0.25) is 0 Å². The van der Waals surface area contributed by atoms with E-state index in [0.29, 0.717) is 12.5 Å². The predicted octanol–water partition coefficient (Wildman–Crippen LogP) is 5.33. The largest absolute Gasteiger partial charge is 0.489 e. The Morgan fingerprint density at radius 2 is 1.68 bits per heavy atom. The molecule has 0 saturated carbocycles. The van der Waals surface area contributed by atoms with Gasteiger partial charge in [0.2, 0.25) is 0 Å². The van der Waals surface area contributed by atoms with Gasteiger partial charge >= 0.3 is 0 Å². The molecule has 0 unspecified atom stereocenters. The summed E-state index contributed by atoms with van der Waals surface area (Å²) in [5.74, 6) is 1.48. The van der Waals surface area contributed by atoms with Gasteiger partial charge in [0.1, 0.15) is 12.4 Å². The molecule has 2 aromatic carbocycles. The highest BCUT2D eigenvalue weighted by atomic mass is 16.5. The minimum atomic E-state index is 0. The van der Waals surface area contributed by atoms with Crippen LogP contribution in [-0.4, -0.2) is 0 Å². The molecule has 0 aliphatic rings. The molecule has 0 spiro atoms. The van der Waals surface area contributed by atoms with E-state index in [4.69, 9.17) is 4.74 Å². The molecule has 0 radical (unpaired) electrons. The van der Waals surface area contributed by atoms with Crippen LogP contribution in [0.1, 0.15) is 43.9 Å². The topological polar surface area (TPSA) is 9.23 Å². The van der Waals surface area contributed by atoms with E-state index in [1.807, 2.05) is 18.2 Å². The summed E-state index contributed by atoms with van der Waals surface area (Å²) < 4.78 is 5.94. The summed E-state index contributed by atoms with van der Waals surface area (Å²) in [6.45, 7) is 7.14. The van der Waals surface area contributed by atoms with E-state index in [-0.39, 0.29) is 7.43 Å². The molecular weight excluding hydrogens is 232 g/mol. The number of hydrogen-bond donors (Lipinski definition) is 0. The van der Waals surface area contributed by atoms with Gasteiger partial charge in [0.05, 0.1) is 0 Å². The summed E-state index contributed by atoms with van der Waals surface area (Å²) >= 11 is 0. The van der Waals surface area contributed by atoms with E-state index in [0.717, 1.165) is 5.75 Å². The van der Waals surface area contributed by atoms with Crippen LogP contribution in [0.25, 0.3) is 0 Å². The highest BCUT2D eigenvalue weighted by Gasteiger charge is 2.08. The Kier molecular flexibility index (Phi) is 5.62. The predicted molar refractivity (Wildman–Crippen MR) is 82.8 cm³/mol. The first-order valence-electron chi connectivity index (χ1n) is 6.44. The quantitative estimate of drug-likeness (QED) is 0.718. The number of ether oxygens (including phenoxy) is 1. The van der Waals surface area contributed by atoms with E-state index in [1.54, 1.807) is 0 Å². The third-order valence-electron chi connectivity index (χ3n) is 3.02. The maximum absolute atomic E-state index is 5.94. The smallest absolute Gasteiger partial charge is 0.123 e. The Morgan fingerprint density at radius 1 is 1.00 bits per heavy atom. The first kappa shape index (κ1) is 15.3. The van der Waals surface area contributed by atoms with Crippen molar-refractivity contribution in [2.24, 2.45) is 0 Å². The second kappa shape index (κ2) is 6.98. The van der Waals surface area contributed by atoms with Gasteiger partial charge in [-0.25, -0.2) is 0 Å². The molecule has 0 aliphatic heterocycles. The summed E-state index contributed by atoms with van der Waals surface area (Å²) in [6, 6.07) is 16.7. The van der Waals surface area contributed by atoms with E-state index in [2.05, 4.69) is 51.1 Å². The van der Waals surface area contributed by atoms with Gasteiger partial charge in [-0.05, 0) is 30.0 Å². The molecule has 0 heterocycles. The number of aryl methyl sites for hydroxylation is 1. The van der Waals surface area contributed by atoms with Gasteiger partial charge in [0.25, 0.3) is 0 Å². The fourth-order valence-electron chi connectivity index (χ4n) is 1.99. The van der Waals surface area contributed by atoms with Crippen LogP contribution in [0.2, 0.25) is 0 Å². The number of benzene rings is 2. The molecule has 0 amide bonds. The summed E-state index contributed by atoms with van der Waals surface area (Å²) in [6.07, 6.45) is 0. The maximum Gasteiger partial charge on any atom is 0.123 e. The first-order chi connectivity index (χ1) is 8.66. The molecule has 0 saturated heterocycles. The molecule has 1 heteroatoms. The first-order valence-corrected chi connectivity index (χ1v) is 6.44. The van der Waals surface area contributed by atoms with Gasteiger partial charge in [-0.15, -0.1) is 0 Å². The maximum atomic E-state index is 5.94. The lowest BCUT2D eigenvalue weighted by Crippen LogP contribution is -2.00. The summed E-state index contributed by atoms with van der Waals surface area (Å²) in [5, 5.41) is 0. The lowest BCUT2D eigenvalue weighted by atomic mass is 10.00. The minimum absolute atomic E-state index is 0. The second-order valence-electron chi connectivity index (χ2n) is 4.97. The standard InChI is InChI=1S/C17H20O.CH4/c1-13(2)16-11-14(3)9-10-17(16)18-12-15-7-5-4-6-8-15;/h4-11,13H,12H2,1-3H3;1H4. The van der Waals surface area contributed by atoms with Crippen molar-refractivity contribution in [1.29, 1.82) is 0 Å². The van der Waals surface area contributed by atoms with Crippen molar-refractivity contribution >= 4 is 0 Å². The molecule has 0 aliphatic carbocycles. The molecule has 0 bridgehead atoms. The molecule has 0 atom stereocenters. The van der Waals surface area contributed by atoms with Crippen molar-refractivity contribution in [1.82, 2.24) is 0 Å². The van der Waals surface area contributed by atoms with Gasteiger partial charge in [-0.2, -0.15) is 0 Å². The van der Waals surface area contributed by atoms with Crippen molar-refractivity contribution in [3.8, 4) is 5.75 Å². The third kappa shape index (κ3) is 4.13. The Hall–Kier alpha value is -1.76. The molecule has 2 rings (SSSR count). The van der Waals surface area contributed by atoms with E-state index in [1.165, 1.54) is 16.7 Å². The van der Waals surface area contributed by atoms with Crippen LogP contribution in [0, 0.1) is 6.92 Å². The fraction of sp³-hybridized carbons (Fsp3) is 0.333. The minimum Gasteiger partial charge on any atom is -0.489 e. The molecule has 0 aromatic heterocycles. The molecule has 102 valence electrons. The lowest BCUT2D eigenvalue weighted by molar-refractivity contribution is 0.301. The number of rotatable bonds is 4. The summed E-state index contributed by atoms with van der Waals surface area (Å²) in [4.78, 5) is 0. The molecule has 1 nitrogen and oxygen atoms in total. The van der Waals surface area contributed by atoms with E-state index < -0.39 is 0 Å². The van der Waals surface area contributed by atoms with Crippen LogP contribution in [0.4, 0.5) is 0 Å². The van der Waals surface area contributed by atoms with Crippen molar-refractivity contribution in [2.75, 3.05) is 0 Å². The normalized spacial score (nSPS) is 10.1.